The van der Waals surface area contributed by atoms with E-state index in [2.05, 4.69) is 37.7 Å². The van der Waals surface area contributed by atoms with Gasteiger partial charge in [0.15, 0.2) is 11.5 Å². The SMILES string of the molecule is Nc1nc(Br)cnc1C#CC1(C(F)(F)P)CC1. The Kier molecular flexibility index (Phi) is 3.09. The first-order valence-electron chi connectivity index (χ1n) is 4.82. The molecule has 1 aromatic rings. The van der Waals surface area contributed by atoms with Crippen molar-refractivity contribution in [1.82, 2.24) is 9.97 Å². The van der Waals surface area contributed by atoms with E-state index in [9.17, 15) is 8.78 Å². The van der Waals surface area contributed by atoms with Crippen molar-refractivity contribution in [2.45, 2.75) is 18.5 Å². The van der Waals surface area contributed by atoms with Gasteiger partial charge in [-0.2, -0.15) is 0 Å². The lowest BCUT2D eigenvalue weighted by Gasteiger charge is -2.16. The fourth-order valence-corrected chi connectivity index (χ4v) is 1.98. The standard InChI is InChI=1S/C10H9BrF2N3P/c11-7-5-15-6(8(14)16-7)1-2-9(3-4-9)10(12,13)17/h5H,3-4,17H2,(H2,14,16). The van der Waals surface area contributed by atoms with Gasteiger partial charge in [0.05, 0.1) is 11.6 Å². The molecule has 0 saturated heterocycles. The van der Waals surface area contributed by atoms with E-state index in [1.54, 1.807) is 9.24 Å². The number of anilines is 1. The fourth-order valence-electron chi connectivity index (χ4n) is 1.32. The van der Waals surface area contributed by atoms with E-state index in [1.807, 2.05) is 0 Å². The average Bonchev–Trinajstić information content (AvgIpc) is 2.96. The number of aromatic nitrogens is 2. The van der Waals surface area contributed by atoms with Crippen LogP contribution >= 0.6 is 25.2 Å². The van der Waals surface area contributed by atoms with Gasteiger partial charge in [-0.05, 0) is 34.7 Å². The van der Waals surface area contributed by atoms with Gasteiger partial charge in [0.1, 0.15) is 4.60 Å². The molecule has 0 spiro atoms. The Labute approximate surface area is 108 Å². The van der Waals surface area contributed by atoms with Crippen LogP contribution in [0.25, 0.3) is 0 Å². The predicted molar refractivity (Wildman–Crippen MR) is 67.3 cm³/mol. The molecule has 0 aromatic carbocycles. The predicted octanol–water partition coefficient (Wildman–Crippen LogP) is 2.42. The second-order valence-corrected chi connectivity index (χ2v) is 5.42. The number of nitrogen functional groups attached to an aromatic ring is 1. The third kappa shape index (κ3) is 2.56. The third-order valence-electron chi connectivity index (χ3n) is 2.58. The summed E-state index contributed by atoms with van der Waals surface area (Å²) in [6.07, 6.45) is 2.21. The highest BCUT2D eigenvalue weighted by atomic mass is 79.9. The number of nitrogens with two attached hydrogens (primary N) is 1. The number of alkyl halides is 2. The van der Waals surface area contributed by atoms with Crippen LogP contribution in [0, 0.1) is 17.3 Å². The molecule has 0 amide bonds. The molecule has 90 valence electrons. The summed E-state index contributed by atoms with van der Waals surface area (Å²) in [5, 5.41) is 0. The molecule has 2 rings (SSSR count). The number of halogens is 3. The molecule has 1 aromatic heterocycles. The van der Waals surface area contributed by atoms with Crippen LogP contribution in [0.2, 0.25) is 0 Å². The van der Waals surface area contributed by atoms with Crippen molar-refractivity contribution in [3.8, 4) is 11.8 Å². The Balaban J connectivity index is 2.28. The van der Waals surface area contributed by atoms with Crippen molar-refractivity contribution in [1.29, 1.82) is 0 Å². The van der Waals surface area contributed by atoms with Gasteiger partial charge >= 0.3 is 0 Å². The monoisotopic (exact) mass is 319 g/mol. The molecule has 1 aliphatic carbocycles. The van der Waals surface area contributed by atoms with Crippen molar-refractivity contribution in [2.24, 2.45) is 5.41 Å². The Morgan fingerprint density at radius 2 is 2.18 bits per heavy atom. The topological polar surface area (TPSA) is 51.8 Å². The molecule has 3 nitrogen and oxygen atoms in total. The minimum Gasteiger partial charge on any atom is -0.381 e. The highest BCUT2D eigenvalue weighted by Crippen LogP contribution is 2.59. The lowest BCUT2D eigenvalue weighted by atomic mass is 10.1. The molecule has 1 saturated carbocycles. The molecule has 1 aliphatic rings. The van der Waals surface area contributed by atoms with Crippen LogP contribution in [0.5, 0.6) is 0 Å². The van der Waals surface area contributed by atoms with Crippen molar-refractivity contribution in [3.05, 3.63) is 16.5 Å². The third-order valence-corrected chi connectivity index (χ3v) is 3.51. The summed E-state index contributed by atoms with van der Waals surface area (Å²) in [4.78, 5) is 7.82. The summed E-state index contributed by atoms with van der Waals surface area (Å²) < 4.78 is 26.9. The zero-order valence-corrected chi connectivity index (χ0v) is 11.4. The molecule has 0 radical (unpaired) electrons. The van der Waals surface area contributed by atoms with E-state index >= 15 is 0 Å². The molecule has 0 bridgehead atoms. The Morgan fingerprint density at radius 3 is 2.65 bits per heavy atom. The quantitative estimate of drug-likeness (QED) is 0.639. The average molecular weight is 320 g/mol. The Morgan fingerprint density at radius 1 is 1.53 bits per heavy atom. The molecule has 1 heterocycles. The van der Waals surface area contributed by atoms with Crippen molar-refractivity contribution in [2.75, 3.05) is 5.73 Å². The minimum atomic E-state index is -2.88. The van der Waals surface area contributed by atoms with Crippen LogP contribution in [0.15, 0.2) is 10.8 Å². The summed E-state index contributed by atoms with van der Waals surface area (Å²) in [5.74, 6) is 5.29. The molecule has 2 N–H and O–H groups in total. The second-order valence-electron chi connectivity index (χ2n) is 3.88. The second kappa shape index (κ2) is 4.15. The molecule has 1 atom stereocenters. The van der Waals surface area contributed by atoms with Crippen LogP contribution in [0.4, 0.5) is 14.6 Å². The molecule has 7 heteroatoms. The molecule has 0 aliphatic heterocycles. The smallest absolute Gasteiger partial charge is 0.275 e. The number of nitrogens with zero attached hydrogens (tertiary/aromatic N) is 2. The fraction of sp³-hybridized carbons (Fsp3) is 0.400. The molecule has 1 fully saturated rings. The van der Waals surface area contributed by atoms with Gasteiger partial charge in [-0.3, -0.25) is 0 Å². The first-order chi connectivity index (χ1) is 7.84. The Bertz CT molecular complexity index is 515. The van der Waals surface area contributed by atoms with E-state index in [-0.39, 0.29) is 11.5 Å². The normalized spacial score (nSPS) is 17.2. The van der Waals surface area contributed by atoms with E-state index < -0.39 is 11.1 Å². The maximum absolute atomic E-state index is 13.2. The van der Waals surface area contributed by atoms with E-state index in [1.165, 1.54) is 6.20 Å². The first kappa shape index (κ1) is 12.7. The van der Waals surface area contributed by atoms with Gasteiger partial charge in [-0.1, -0.05) is 15.2 Å². The molecular weight excluding hydrogens is 311 g/mol. The summed E-state index contributed by atoms with van der Waals surface area (Å²) in [7, 11) is 1.54. The maximum atomic E-state index is 13.2. The van der Waals surface area contributed by atoms with Crippen molar-refractivity contribution in [3.63, 3.8) is 0 Å². The van der Waals surface area contributed by atoms with Crippen molar-refractivity contribution >= 4 is 31.0 Å². The summed E-state index contributed by atoms with van der Waals surface area (Å²) in [6, 6.07) is 0. The summed E-state index contributed by atoms with van der Waals surface area (Å²) >= 11 is 3.11. The van der Waals surface area contributed by atoms with Crippen LogP contribution in [0.3, 0.4) is 0 Å². The largest absolute Gasteiger partial charge is 0.381 e. The van der Waals surface area contributed by atoms with Crippen LogP contribution in [0.1, 0.15) is 18.5 Å². The van der Waals surface area contributed by atoms with Gasteiger partial charge in [-0.15, -0.1) is 0 Å². The van der Waals surface area contributed by atoms with Crippen LogP contribution in [-0.2, 0) is 0 Å². The van der Waals surface area contributed by atoms with Gasteiger partial charge in [-0.25, -0.2) is 18.7 Å². The number of hydrogen-bond acceptors (Lipinski definition) is 3. The van der Waals surface area contributed by atoms with Crippen LogP contribution < -0.4 is 5.73 Å². The lowest BCUT2D eigenvalue weighted by Crippen LogP contribution is -2.20. The number of rotatable bonds is 1. The molecule has 1 unspecified atom stereocenters. The Hall–Kier alpha value is -0.790. The summed E-state index contributed by atoms with van der Waals surface area (Å²) in [5.41, 5.74) is 1.70. The number of hydrogen-bond donors (Lipinski definition) is 1. The first-order valence-corrected chi connectivity index (χ1v) is 6.19. The van der Waals surface area contributed by atoms with E-state index in [4.69, 9.17) is 5.73 Å². The van der Waals surface area contributed by atoms with Crippen LogP contribution in [-0.4, -0.2) is 15.6 Å². The lowest BCUT2D eigenvalue weighted by molar-refractivity contribution is 0.0495. The highest BCUT2D eigenvalue weighted by molar-refractivity contribution is 9.10. The molecule has 17 heavy (non-hydrogen) atoms. The van der Waals surface area contributed by atoms with E-state index in [0.717, 1.165) is 0 Å². The summed E-state index contributed by atoms with van der Waals surface area (Å²) in [6.45, 7) is 0. The molecular formula is C10H9BrF2N3P. The maximum Gasteiger partial charge on any atom is 0.275 e. The minimum absolute atomic E-state index is 0.134. The zero-order valence-electron chi connectivity index (χ0n) is 8.67. The van der Waals surface area contributed by atoms with Gasteiger partial charge < -0.3 is 5.73 Å². The van der Waals surface area contributed by atoms with Crippen molar-refractivity contribution < 1.29 is 8.78 Å². The highest BCUT2D eigenvalue weighted by Gasteiger charge is 2.58. The van der Waals surface area contributed by atoms with Gasteiger partial charge in [0.25, 0.3) is 5.66 Å². The van der Waals surface area contributed by atoms with E-state index in [0.29, 0.717) is 17.4 Å². The van der Waals surface area contributed by atoms with Gasteiger partial charge in [0.2, 0.25) is 0 Å². The zero-order chi connectivity index (χ0) is 12.7. The van der Waals surface area contributed by atoms with Gasteiger partial charge in [0, 0.05) is 0 Å².